The molecule has 21 heavy (non-hydrogen) atoms. The maximum atomic E-state index is 12.2. The predicted octanol–water partition coefficient (Wildman–Crippen LogP) is 0.571. The maximum Gasteiger partial charge on any atom is 0.258 e. The number of nitrogens with zero attached hydrogens (tertiary/aromatic N) is 1. The van der Waals surface area contributed by atoms with E-state index >= 15 is 0 Å². The molecule has 1 aliphatic carbocycles. The molecule has 0 unspecified atom stereocenters. The molecule has 0 spiro atoms. The van der Waals surface area contributed by atoms with Crippen molar-refractivity contribution in [2.75, 3.05) is 30.8 Å². The Kier molecular flexibility index (Phi) is 4.01. The summed E-state index contributed by atoms with van der Waals surface area (Å²) in [6.45, 7) is 1.47. The van der Waals surface area contributed by atoms with Crippen LogP contribution in [0.1, 0.15) is 36.0 Å². The molecule has 2 heterocycles. The SMILES string of the molecule is Nc1nsc(NCC2(O)CCOCC2)c1C(=O)NC1CC1. The molecule has 3 rings (SSSR count). The second kappa shape index (κ2) is 5.78. The first-order valence-electron chi connectivity index (χ1n) is 7.17. The van der Waals surface area contributed by atoms with Gasteiger partial charge in [-0.15, -0.1) is 0 Å². The summed E-state index contributed by atoms with van der Waals surface area (Å²) >= 11 is 1.15. The van der Waals surface area contributed by atoms with Crippen molar-refractivity contribution in [1.82, 2.24) is 9.69 Å². The Morgan fingerprint density at radius 3 is 2.86 bits per heavy atom. The molecule has 8 heteroatoms. The number of carbonyl (C=O) groups is 1. The number of aliphatic hydroxyl groups is 1. The largest absolute Gasteiger partial charge is 0.388 e. The second-order valence-electron chi connectivity index (χ2n) is 5.71. The maximum absolute atomic E-state index is 12.2. The van der Waals surface area contributed by atoms with Crippen LogP contribution in [-0.4, -0.2) is 46.8 Å². The highest BCUT2D eigenvalue weighted by atomic mass is 32.1. The number of hydrogen-bond acceptors (Lipinski definition) is 7. The number of nitrogens with one attached hydrogen (secondary N) is 2. The van der Waals surface area contributed by atoms with Crippen LogP contribution in [0.25, 0.3) is 0 Å². The fourth-order valence-electron chi connectivity index (χ4n) is 2.30. The van der Waals surface area contributed by atoms with Crippen LogP contribution < -0.4 is 16.4 Å². The van der Waals surface area contributed by atoms with Crippen LogP contribution in [0.15, 0.2) is 0 Å². The molecule has 5 N–H and O–H groups in total. The average molecular weight is 312 g/mol. The van der Waals surface area contributed by atoms with Crippen molar-refractivity contribution in [3.63, 3.8) is 0 Å². The zero-order valence-corrected chi connectivity index (χ0v) is 12.5. The molecule has 116 valence electrons. The van der Waals surface area contributed by atoms with Crippen molar-refractivity contribution in [1.29, 1.82) is 0 Å². The van der Waals surface area contributed by atoms with E-state index in [0.717, 1.165) is 24.4 Å². The molecule has 1 aromatic rings. The molecule has 0 atom stereocenters. The second-order valence-corrected chi connectivity index (χ2v) is 6.48. The number of aromatic nitrogens is 1. The summed E-state index contributed by atoms with van der Waals surface area (Å²) in [7, 11) is 0. The highest BCUT2D eigenvalue weighted by molar-refractivity contribution is 7.11. The first-order valence-corrected chi connectivity index (χ1v) is 7.95. The summed E-state index contributed by atoms with van der Waals surface area (Å²) in [6.07, 6.45) is 3.20. The Morgan fingerprint density at radius 1 is 1.48 bits per heavy atom. The van der Waals surface area contributed by atoms with Gasteiger partial charge in [0.2, 0.25) is 0 Å². The van der Waals surface area contributed by atoms with Crippen LogP contribution >= 0.6 is 11.5 Å². The molecule has 0 radical (unpaired) electrons. The van der Waals surface area contributed by atoms with Crippen molar-refractivity contribution in [3.05, 3.63) is 5.56 Å². The molecule has 1 saturated carbocycles. The van der Waals surface area contributed by atoms with Gasteiger partial charge >= 0.3 is 0 Å². The van der Waals surface area contributed by atoms with Crippen molar-refractivity contribution >= 4 is 28.3 Å². The molecule has 2 fully saturated rings. The summed E-state index contributed by atoms with van der Waals surface area (Å²) < 4.78 is 9.29. The normalized spacial score (nSPS) is 21.0. The third kappa shape index (κ3) is 3.45. The zero-order valence-electron chi connectivity index (χ0n) is 11.7. The third-order valence-corrected chi connectivity index (χ3v) is 4.68. The highest BCUT2D eigenvalue weighted by Gasteiger charge is 2.31. The van der Waals surface area contributed by atoms with Crippen LogP contribution in [0, 0.1) is 0 Å². The van der Waals surface area contributed by atoms with Gasteiger partial charge in [0.25, 0.3) is 5.91 Å². The zero-order chi connectivity index (χ0) is 14.9. The molecular formula is C13H20N4O3S. The summed E-state index contributed by atoms with van der Waals surface area (Å²) in [4.78, 5) is 12.2. The van der Waals surface area contributed by atoms with E-state index in [4.69, 9.17) is 10.5 Å². The van der Waals surface area contributed by atoms with Gasteiger partial charge in [-0.05, 0) is 24.4 Å². The van der Waals surface area contributed by atoms with Crippen LogP contribution in [0.3, 0.4) is 0 Å². The lowest BCUT2D eigenvalue weighted by Gasteiger charge is -2.32. The Hall–Kier alpha value is -1.38. The fourth-order valence-corrected chi connectivity index (χ4v) is 3.01. The molecule has 1 aliphatic heterocycles. The van der Waals surface area contributed by atoms with E-state index in [0.29, 0.717) is 43.2 Å². The molecule has 1 amide bonds. The van der Waals surface area contributed by atoms with E-state index in [1.54, 1.807) is 0 Å². The number of anilines is 2. The molecule has 0 bridgehead atoms. The fraction of sp³-hybridized carbons (Fsp3) is 0.692. The number of hydrogen-bond donors (Lipinski definition) is 4. The number of carbonyl (C=O) groups excluding carboxylic acids is 1. The first kappa shape index (κ1) is 14.6. The highest BCUT2D eigenvalue weighted by Crippen LogP contribution is 2.30. The topological polar surface area (TPSA) is 110 Å². The molecule has 1 aromatic heterocycles. The molecule has 7 nitrogen and oxygen atoms in total. The number of rotatable bonds is 5. The molecule has 2 aliphatic rings. The van der Waals surface area contributed by atoms with E-state index in [-0.39, 0.29) is 17.8 Å². The van der Waals surface area contributed by atoms with E-state index < -0.39 is 5.60 Å². The van der Waals surface area contributed by atoms with Crippen molar-refractivity contribution in [2.45, 2.75) is 37.3 Å². The van der Waals surface area contributed by atoms with E-state index in [2.05, 4.69) is 15.0 Å². The quantitative estimate of drug-likeness (QED) is 0.633. The summed E-state index contributed by atoms with van der Waals surface area (Å²) in [5.41, 5.74) is 5.38. The summed E-state index contributed by atoms with van der Waals surface area (Å²) in [5.74, 6) is 0.0461. The number of nitrogen functional groups attached to an aromatic ring is 1. The first-order chi connectivity index (χ1) is 10.1. The minimum atomic E-state index is -0.804. The van der Waals surface area contributed by atoms with Gasteiger partial charge < -0.3 is 26.2 Å². The third-order valence-electron chi connectivity index (χ3n) is 3.86. The summed E-state index contributed by atoms with van der Waals surface area (Å²) in [6, 6.07) is 0.268. The van der Waals surface area contributed by atoms with Crippen molar-refractivity contribution in [2.24, 2.45) is 0 Å². The lowest BCUT2D eigenvalue weighted by atomic mass is 9.94. The van der Waals surface area contributed by atoms with Gasteiger partial charge in [-0.2, -0.15) is 4.37 Å². The van der Waals surface area contributed by atoms with Gasteiger partial charge in [-0.1, -0.05) is 0 Å². The smallest absolute Gasteiger partial charge is 0.258 e. The van der Waals surface area contributed by atoms with E-state index in [1.165, 1.54) is 0 Å². The van der Waals surface area contributed by atoms with Gasteiger partial charge in [0.1, 0.15) is 10.6 Å². The Balaban J connectivity index is 1.66. The standard InChI is InChI=1S/C13H20N4O3S/c14-10-9(11(18)16-8-1-2-8)12(21-17-10)15-7-13(19)3-5-20-6-4-13/h8,15,19H,1-7H2,(H2,14,17)(H,16,18). The lowest BCUT2D eigenvalue weighted by molar-refractivity contribution is -0.0543. The summed E-state index contributed by atoms with van der Waals surface area (Å²) in [5, 5.41) is 17.1. The van der Waals surface area contributed by atoms with Gasteiger partial charge in [-0.25, -0.2) is 0 Å². The lowest BCUT2D eigenvalue weighted by Crippen LogP contribution is -2.42. The number of ether oxygens (including phenoxy) is 1. The van der Waals surface area contributed by atoms with Crippen LogP contribution in [0.2, 0.25) is 0 Å². The van der Waals surface area contributed by atoms with E-state index in [1.807, 2.05) is 0 Å². The van der Waals surface area contributed by atoms with Crippen molar-refractivity contribution < 1.29 is 14.6 Å². The van der Waals surface area contributed by atoms with Gasteiger partial charge in [0, 0.05) is 38.6 Å². The van der Waals surface area contributed by atoms with Crippen molar-refractivity contribution in [3.8, 4) is 0 Å². The predicted molar refractivity (Wildman–Crippen MR) is 80.5 cm³/mol. The Labute approximate surface area is 127 Å². The van der Waals surface area contributed by atoms with Gasteiger partial charge in [0.05, 0.1) is 5.60 Å². The number of amides is 1. The van der Waals surface area contributed by atoms with Gasteiger partial charge in [0.15, 0.2) is 5.82 Å². The Bertz CT molecular complexity index is 523. The van der Waals surface area contributed by atoms with Crippen LogP contribution in [0.4, 0.5) is 10.8 Å². The molecular weight excluding hydrogens is 292 g/mol. The monoisotopic (exact) mass is 312 g/mol. The Morgan fingerprint density at radius 2 is 2.19 bits per heavy atom. The van der Waals surface area contributed by atoms with E-state index in [9.17, 15) is 9.90 Å². The van der Waals surface area contributed by atoms with Crippen LogP contribution in [0.5, 0.6) is 0 Å². The van der Waals surface area contributed by atoms with Gasteiger partial charge in [-0.3, -0.25) is 4.79 Å². The minimum Gasteiger partial charge on any atom is -0.388 e. The molecule has 1 saturated heterocycles. The number of nitrogens with two attached hydrogens (primary N) is 1. The van der Waals surface area contributed by atoms with Crippen LogP contribution in [-0.2, 0) is 4.74 Å². The minimum absolute atomic E-state index is 0.190. The average Bonchev–Trinajstić information content (AvgIpc) is 3.18. The molecule has 0 aromatic carbocycles.